The minimum Gasteiger partial charge on any atom is -0.388 e. The summed E-state index contributed by atoms with van der Waals surface area (Å²) < 4.78 is 1.84. The minimum atomic E-state index is -0.102. The monoisotopic (exact) mass is 323 g/mol. The van der Waals surface area contributed by atoms with Crippen molar-refractivity contribution in [1.82, 2.24) is 25.1 Å². The SMILES string of the molecule is Cn1c(CO)nnc1C1CC(NC(=O)CCN2CCCCO2)C1. The molecule has 0 aromatic carbocycles. The lowest BCUT2D eigenvalue weighted by atomic mass is 9.79. The van der Waals surface area contributed by atoms with Gasteiger partial charge in [-0.1, -0.05) is 0 Å². The zero-order valence-corrected chi connectivity index (χ0v) is 13.6. The Hall–Kier alpha value is -1.51. The van der Waals surface area contributed by atoms with Gasteiger partial charge in [-0.15, -0.1) is 10.2 Å². The topological polar surface area (TPSA) is 92.5 Å². The van der Waals surface area contributed by atoms with Gasteiger partial charge in [0.1, 0.15) is 12.4 Å². The van der Waals surface area contributed by atoms with E-state index in [2.05, 4.69) is 15.5 Å². The fourth-order valence-electron chi connectivity index (χ4n) is 3.17. The first kappa shape index (κ1) is 16.4. The van der Waals surface area contributed by atoms with E-state index in [1.807, 2.05) is 16.7 Å². The van der Waals surface area contributed by atoms with Crippen molar-refractivity contribution in [2.24, 2.45) is 7.05 Å². The van der Waals surface area contributed by atoms with Gasteiger partial charge in [0.25, 0.3) is 0 Å². The largest absolute Gasteiger partial charge is 0.388 e. The highest BCUT2D eigenvalue weighted by Gasteiger charge is 2.34. The van der Waals surface area contributed by atoms with Crippen LogP contribution in [0, 0.1) is 0 Å². The lowest BCUT2D eigenvalue weighted by Crippen LogP contribution is -2.45. The van der Waals surface area contributed by atoms with Gasteiger partial charge in [-0.25, -0.2) is 0 Å². The van der Waals surface area contributed by atoms with Crippen LogP contribution >= 0.6 is 0 Å². The normalized spacial score (nSPS) is 25.1. The Morgan fingerprint density at radius 3 is 2.87 bits per heavy atom. The molecule has 0 radical (unpaired) electrons. The Kier molecular flexibility index (Phi) is 5.24. The molecule has 0 spiro atoms. The first-order chi connectivity index (χ1) is 11.2. The fourth-order valence-corrected chi connectivity index (χ4v) is 3.17. The number of aliphatic hydroxyl groups is 1. The van der Waals surface area contributed by atoms with E-state index in [-0.39, 0.29) is 18.6 Å². The molecule has 1 saturated heterocycles. The number of hydroxylamine groups is 2. The van der Waals surface area contributed by atoms with Crippen LogP contribution in [0.25, 0.3) is 0 Å². The van der Waals surface area contributed by atoms with E-state index in [0.29, 0.717) is 24.7 Å². The number of nitrogens with one attached hydrogen (secondary N) is 1. The van der Waals surface area contributed by atoms with E-state index >= 15 is 0 Å². The summed E-state index contributed by atoms with van der Waals surface area (Å²) in [7, 11) is 1.87. The summed E-state index contributed by atoms with van der Waals surface area (Å²) in [6.07, 6.45) is 4.47. The molecule has 1 saturated carbocycles. The molecule has 1 aliphatic heterocycles. The van der Waals surface area contributed by atoms with Crippen molar-refractivity contribution < 1.29 is 14.7 Å². The summed E-state index contributed by atoms with van der Waals surface area (Å²) in [4.78, 5) is 17.5. The minimum absolute atomic E-state index is 0.0802. The van der Waals surface area contributed by atoms with E-state index in [4.69, 9.17) is 9.94 Å². The lowest BCUT2D eigenvalue weighted by molar-refractivity contribution is -0.181. The van der Waals surface area contributed by atoms with Crippen LogP contribution in [0.2, 0.25) is 0 Å². The Labute approximate surface area is 135 Å². The second-order valence-corrected chi connectivity index (χ2v) is 6.34. The quantitative estimate of drug-likeness (QED) is 0.771. The molecule has 2 heterocycles. The van der Waals surface area contributed by atoms with Crippen molar-refractivity contribution in [3.05, 3.63) is 11.6 Å². The van der Waals surface area contributed by atoms with Gasteiger partial charge in [0.05, 0.1) is 6.61 Å². The van der Waals surface area contributed by atoms with Crippen molar-refractivity contribution in [3.8, 4) is 0 Å². The van der Waals surface area contributed by atoms with Crippen LogP contribution in [0.5, 0.6) is 0 Å². The van der Waals surface area contributed by atoms with Crippen LogP contribution < -0.4 is 5.32 Å². The predicted octanol–water partition coefficient (Wildman–Crippen LogP) is 0.0871. The van der Waals surface area contributed by atoms with Gasteiger partial charge in [0, 0.05) is 38.5 Å². The number of hydrogen-bond donors (Lipinski definition) is 2. The third-order valence-corrected chi connectivity index (χ3v) is 4.67. The van der Waals surface area contributed by atoms with Crippen molar-refractivity contribution in [2.75, 3.05) is 19.7 Å². The van der Waals surface area contributed by atoms with Crippen molar-refractivity contribution in [3.63, 3.8) is 0 Å². The maximum Gasteiger partial charge on any atom is 0.221 e. The molecule has 3 rings (SSSR count). The molecular formula is C15H25N5O3. The van der Waals surface area contributed by atoms with Crippen LogP contribution in [-0.4, -0.2) is 56.6 Å². The number of hydrogen-bond acceptors (Lipinski definition) is 6. The highest BCUT2D eigenvalue weighted by Crippen LogP contribution is 2.35. The van der Waals surface area contributed by atoms with E-state index in [0.717, 1.165) is 44.7 Å². The molecule has 128 valence electrons. The molecule has 2 N–H and O–H groups in total. The first-order valence-electron chi connectivity index (χ1n) is 8.33. The van der Waals surface area contributed by atoms with Gasteiger partial charge in [0.15, 0.2) is 5.82 Å². The van der Waals surface area contributed by atoms with Crippen molar-refractivity contribution in [2.45, 2.75) is 50.7 Å². The molecule has 0 atom stereocenters. The number of nitrogens with zero attached hydrogens (tertiary/aromatic N) is 4. The summed E-state index contributed by atoms with van der Waals surface area (Å²) >= 11 is 0. The van der Waals surface area contributed by atoms with E-state index < -0.39 is 0 Å². The number of amides is 1. The average molecular weight is 323 g/mol. The lowest BCUT2D eigenvalue weighted by Gasteiger charge is -2.35. The van der Waals surface area contributed by atoms with Gasteiger partial charge in [-0.05, 0) is 25.7 Å². The molecule has 2 aliphatic rings. The molecular weight excluding hydrogens is 298 g/mol. The first-order valence-corrected chi connectivity index (χ1v) is 8.33. The molecule has 2 fully saturated rings. The highest BCUT2D eigenvalue weighted by atomic mass is 16.7. The Morgan fingerprint density at radius 2 is 2.22 bits per heavy atom. The predicted molar refractivity (Wildman–Crippen MR) is 82.2 cm³/mol. The molecule has 0 unspecified atom stereocenters. The van der Waals surface area contributed by atoms with Crippen LogP contribution in [0.15, 0.2) is 0 Å². The Balaban J connectivity index is 1.37. The second kappa shape index (κ2) is 7.37. The fraction of sp³-hybridized carbons (Fsp3) is 0.800. The standard InChI is InChI=1S/C15H25N5O3/c1-19-13(10-21)17-18-15(19)11-8-12(9-11)16-14(22)4-6-20-5-2-3-7-23-20/h11-12,21H,2-10H2,1H3,(H,16,22). The smallest absolute Gasteiger partial charge is 0.221 e. The third-order valence-electron chi connectivity index (χ3n) is 4.67. The van der Waals surface area contributed by atoms with Crippen LogP contribution in [0.4, 0.5) is 0 Å². The summed E-state index contributed by atoms with van der Waals surface area (Å²) in [5.41, 5.74) is 0. The molecule has 8 nitrogen and oxygen atoms in total. The average Bonchev–Trinajstić information content (AvgIpc) is 2.90. The molecule has 1 aromatic heterocycles. The van der Waals surface area contributed by atoms with Crippen molar-refractivity contribution >= 4 is 5.91 Å². The Morgan fingerprint density at radius 1 is 1.39 bits per heavy atom. The van der Waals surface area contributed by atoms with Crippen molar-refractivity contribution in [1.29, 1.82) is 0 Å². The van der Waals surface area contributed by atoms with Gasteiger partial charge < -0.3 is 15.0 Å². The second-order valence-electron chi connectivity index (χ2n) is 6.34. The number of aromatic nitrogens is 3. The van der Waals surface area contributed by atoms with Gasteiger partial charge in [-0.2, -0.15) is 5.06 Å². The van der Waals surface area contributed by atoms with E-state index in [1.165, 1.54) is 0 Å². The maximum absolute atomic E-state index is 12.0. The summed E-state index contributed by atoms with van der Waals surface area (Å²) in [6.45, 7) is 2.23. The summed E-state index contributed by atoms with van der Waals surface area (Å²) in [5, 5.41) is 22.2. The Bertz CT molecular complexity index is 535. The number of carbonyl (C=O) groups excluding carboxylic acids is 1. The van der Waals surface area contributed by atoms with Crippen LogP contribution in [0.1, 0.15) is 49.7 Å². The highest BCUT2D eigenvalue weighted by molar-refractivity contribution is 5.76. The van der Waals surface area contributed by atoms with E-state index in [1.54, 1.807) is 0 Å². The summed E-state index contributed by atoms with van der Waals surface area (Å²) in [5.74, 6) is 1.86. The zero-order valence-electron chi connectivity index (χ0n) is 13.6. The number of aliphatic hydroxyl groups excluding tert-OH is 1. The zero-order chi connectivity index (χ0) is 16.2. The van der Waals surface area contributed by atoms with E-state index in [9.17, 15) is 4.79 Å². The summed E-state index contributed by atoms with van der Waals surface area (Å²) in [6, 6.07) is 0.212. The maximum atomic E-state index is 12.0. The molecule has 1 aromatic rings. The van der Waals surface area contributed by atoms with Crippen LogP contribution in [-0.2, 0) is 23.3 Å². The molecule has 1 aliphatic carbocycles. The number of rotatable bonds is 6. The molecule has 23 heavy (non-hydrogen) atoms. The van der Waals surface area contributed by atoms with Gasteiger partial charge in [-0.3, -0.25) is 9.63 Å². The van der Waals surface area contributed by atoms with Gasteiger partial charge >= 0.3 is 0 Å². The molecule has 1 amide bonds. The molecule has 0 bridgehead atoms. The molecule has 8 heteroatoms. The third kappa shape index (κ3) is 3.88. The van der Waals surface area contributed by atoms with Gasteiger partial charge in [0.2, 0.25) is 5.91 Å². The van der Waals surface area contributed by atoms with Crippen LogP contribution in [0.3, 0.4) is 0 Å². The number of carbonyl (C=O) groups is 1.